The van der Waals surface area contributed by atoms with E-state index in [-0.39, 0.29) is 18.4 Å². The van der Waals surface area contributed by atoms with Crippen molar-refractivity contribution in [2.45, 2.75) is 19.8 Å². The molecule has 1 N–H and O–H groups in total. The summed E-state index contributed by atoms with van der Waals surface area (Å²) in [6, 6.07) is 3.47. The molecule has 0 atom stereocenters. The Morgan fingerprint density at radius 3 is 2.57 bits per heavy atom. The van der Waals surface area contributed by atoms with Crippen molar-refractivity contribution in [3.05, 3.63) is 28.5 Å². The van der Waals surface area contributed by atoms with Crippen LogP contribution in [0.5, 0.6) is 0 Å². The number of hydrogen-bond donors (Lipinski definition) is 1. The maximum atomic E-state index is 12.6. The Balaban J connectivity index is 2.07. The molecule has 1 amide bonds. The first-order chi connectivity index (χ1) is 10.0. The largest absolute Gasteiger partial charge is 0.395 e. The summed E-state index contributed by atoms with van der Waals surface area (Å²) >= 11 is 6.02. The molecule has 0 spiro atoms. The molecule has 0 unspecified atom stereocenters. The summed E-state index contributed by atoms with van der Waals surface area (Å²) in [6.45, 7) is 7.82. The number of carbonyl (C=O) groups excluding carboxylic acids is 1. The molecule has 0 radical (unpaired) electrons. The van der Waals surface area contributed by atoms with Gasteiger partial charge in [-0.15, -0.1) is 0 Å². The van der Waals surface area contributed by atoms with Crippen molar-refractivity contribution in [1.82, 2.24) is 14.8 Å². The number of amides is 1. The van der Waals surface area contributed by atoms with Crippen LogP contribution in [0.25, 0.3) is 0 Å². The zero-order chi connectivity index (χ0) is 15.4. The molecule has 1 aliphatic rings. The third-order valence-corrected chi connectivity index (χ3v) is 3.92. The molecular formula is C15H22ClN3O2. The second kappa shape index (κ2) is 7.20. The van der Waals surface area contributed by atoms with Gasteiger partial charge in [0, 0.05) is 44.0 Å². The van der Waals surface area contributed by atoms with Crippen LogP contribution in [0.2, 0.25) is 5.15 Å². The lowest BCUT2D eigenvalue weighted by Crippen LogP contribution is -2.49. The van der Waals surface area contributed by atoms with Gasteiger partial charge >= 0.3 is 0 Å². The van der Waals surface area contributed by atoms with Crippen molar-refractivity contribution in [3.63, 3.8) is 0 Å². The molecule has 0 aliphatic carbocycles. The highest BCUT2D eigenvalue weighted by Gasteiger charge is 2.22. The predicted octanol–water partition coefficient (Wildman–Crippen LogP) is 1.61. The quantitative estimate of drug-likeness (QED) is 0.858. The molecular weight excluding hydrogens is 290 g/mol. The van der Waals surface area contributed by atoms with Gasteiger partial charge in [0.05, 0.1) is 6.61 Å². The summed E-state index contributed by atoms with van der Waals surface area (Å²) in [5.41, 5.74) is 1.44. The first-order valence-electron chi connectivity index (χ1n) is 7.31. The fraction of sp³-hybridized carbons (Fsp3) is 0.600. The Morgan fingerprint density at radius 2 is 2.00 bits per heavy atom. The number of halogens is 1. The van der Waals surface area contributed by atoms with E-state index in [1.807, 2.05) is 24.8 Å². The van der Waals surface area contributed by atoms with Crippen molar-refractivity contribution < 1.29 is 9.90 Å². The van der Waals surface area contributed by atoms with Gasteiger partial charge in [0.15, 0.2) is 0 Å². The van der Waals surface area contributed by atoms with Crippen molar-refractivity contribution >= 4 is 17.5 Å². The number of pyridine rings is 1. The van der Waals surface area contributed by atoms with Crippen LogP contribution in [0.15, 0.2) is 12.1 Å². The van der Waals surface area contributed by atoms with Crippen LogP contribution < -0.4 is 0 Å². The molecule has 21 heavy (non-hydrogen) atoms. The normalized spacial score (nSPS) is 16.5. The molecule has 2 heterocycles. The summed E-state index contributed by atoms with van der Waals surface area (Å²) < 4.78 is 0. The Hall–Kier alpha value is -1.17. The molecule has 2 rings (SSSR count). The van der Waals surface area contributed by atoms with E-state index < -0.39 is 0 Å². The molecule has 0 saturated carbocycles. The third-order valence-electron chi connectivity index (χ3n) is 3.73. The van der Waals surface area contributed by atoms with Crippen LogP contribution in [0.1, 0.15) is 35.8 Å². The van der Waals surface area contributed by atoms with E-state index >= 15 is 0 Å². The highest BCUT2D eigenvalue weighted by molar-refractivity contribution is 6.29. The van der Waals surface area contributed by atoms with Crippen LogP contribution in [0.3, 0.4) is 0 Å². The van der Waals surface area contributed by atoms with Gasteiger partial charge in [-0.1, -0.05) is 25.4 Å². The van der Waals surface area contributed by atoms with Crippen molar-refractivity contribution in [2.75, 3.05) is 39.3 Å². The summed E-state index contributed by atoms with van der Waals surface area (Å²) in [7, 11) is 0. The SMILES string of the molecule is CC(C)c1cc(C(=O)N2CCN(CCO)CC2)cc(Cl)n1. The first kappa shape index (κ1) is 16.2. The number of hydrogen-bond acceptors (Lipinski definition) is 4. The molecule has 1 saturated heterocycles. The number of aliphatic hydroxyl groups excluding tert-OH is 1. The second-order valence-electron chi connectivity index (χ2n) is 5.62. The van der Waals surface area contributed by atoms with E-state index in [2.05, 4.69) is 9.88 Å². The maximum absolute atomic E-state index is 12.6. The summed E-state index contributed by atoms with van der Waals surface area (Å²) in [4.78, 5) is 20.8. The van der Waals surface area contributed by atoms with Crippen molar-refractivity contribution in [3.8, 4) is 0 Å². The topological polar surface area (TPSA) is 56.7 Å². The van der Waals surface area contributed by atoms with Crippen molar-refractivity contribution in [1.29, 1.82) is 0 Å². The van der Waals surface area contributed by atoms with Gasteiger partial charge in [0.1, 0.15) is 5.15 Å². The molecule has 1 aliphatic heterocycles. The van der Waals surface area contributed by atoms with Crippen LogP contribution in [0, 0.1) is 0 Å². The lowest BCUT2D eigenvalue weighted by atomic mass is 10.1. The summed E-state index contributed by atoms with van der Waals surface area (Å²) in [6.07, 6.45) is 0. The molecule has 5 nitrogen and oxygen atoms in total. The lowest BCUT2D eigenvalue weighted by Gasteiger charge is -2.34. The number of aromatic nitrogens is 1. The number of aliphatic hydroxyl groups is 1. The maximum Gasteiger partial charge on any atom is 0.254 e. The van der Waals surface area contributed by atoms with Gasteiger partial charge in [-0.2, -0.15) is 0 Å². The summed E-state index contributed by atoms with van der Waals surface area (Å²) in [5, 5.41) is 9.31. The van der Waals surface area contributed by atoms with E-state index in [9.17, 15) is 4.79 Å². The summed E-state index contributed by atoms with van der Waals surface area (Å²) in [5.74, 6) is 0.238. The number of β-amino-alcohol motifs (C(OH)–C–C–N with tert-alkyl or cyclic N) is 1. The zero-order valence-corrected chi connectivity index (χ0v) is 13.3. The molecule has 0 aromatic carbocycles. The molecule has 1 aromatic heterocycles. The number of nitrogens with zero attached hydrogens (tertiary/aromatic N) is 3. The fourth-order valence-corrected chi connectivity index (χ4v) is 2.65. The van der Waals surface area contributed by atoms with Crippen molar-refractivity contribution in [2.24, 2.45) is 0 Å². The minimum absolute atomic E-state index is 0.00449. The number of piperazine rings is 1. The van der Waals surface area contributed by atoms with Crippen LogP contribution in [0.4, 0.5) is 0 Å². The minimum Gasteiger partial charge on any atom is -0.395 e. The average molecular weight is 312 g/mol. The number of carbonyl (C=O) groups is 1. The molecule has 6 heteroatoms. The zero-order valence-electron chi connectivity index (χ0n) is 12.5. The Morgan fingerprint density at radius 1 is 1.33 bits per heavy atom. The fourth-order valence-electron chi connectivity index (χ4n) is 2.43. The molecule has 1 fully saturated rings. The first-order valence-corrected chi connectivity index (χ1v) is 7.69. The monoisotopic (exact) mass is 311 g/mol. The van der Waals surface area contributed by atoms with Gasteiger partial charge in [0.2, 0.25) is 0 Å². The highest BCUT2D eigenvalue weighted by atomic mass is 35.5. The number of rotatable bonds is 4. The van der Waals surface area contributed by atoms with E-state index in [4.69, 9.17) is 16.7 Å². The predicted molar refractivity (Wildman–Crippen MR) is 82.8 cm³/mol. The van der Waals surface area contributed by atoms with Gasteiger partial charge in [-0.3, -0.25) is 9.69 Å². The Labute approximate surface area is 130 Å². The van der Waals surface area contributed by atoms with Crippen LogP contribution >= 0.6 is 11.6 Å². The standard InChI is InChI=1S/C15H22ClN3O2/c1-11(2)13-9-12(10-14(16)17-13)15(21)19-5-3-18(4-6-19)7-8-20/h9-11,20H,3-8H2,1-2H3. The van der Waals surface area contributed by atoms with E-state index in [1.54, 1.807) is 6.07 Å². The van der Waals surface area contributed by atoms with Gasteiger partial charge in [-0.25, -0.2) is 4.98 Å². The van der Waals surface area contributed by atoms with Crippen LogP contribution in [-0.4, -0.2) is 65.1 Å². The van der Waals surface area contributed by atoms with Gasteiger partial charge in [0.25, 0.3) is 5.91 Å². The van der Waals surface area contributed by atoms with Crippen LogP contribution in [-0.2, 0) is 0 Å². The van der Waals surface area contributed by atoms with E-state index in [1.165, 1.54) is 0 Å². The minimum atomic E-state index is 0.00449. The molecule has 116 valence electrons. The highest BCUT2D eigenvalue weighted by Crippen LogP contribution is 2.19. The van der Waals surface area contributed by atoms with Gasteiger partial charge < -0.3 is 10.0 Å². The smallest absolute Gasteiger partial charge is 0.254 e. The van der Waals surface area contributed by atoms with Gasteiger partial charge in [-0.05, 0) is 18.1 Å². The lowest BCUT2D eigenvalue weighted by molar-refractivity contribution is 0.0614. The Bertz CT molecular complexity index is 500. The Kier molecular flexibility index (Phi) is 5.56. The average Bonchev–Trinajstić information content (AvgIpc) is 2.47. The van der Waals surface area contributed by atoms with E-state index in [0.717, 1.165) is 18.8 Å². The molecule has 0 bridgehead atoms. The second-order valence-corrected chi connectivity index (χ2v) is 6.00. The van der Waals surface area contributed by atoms with E-state index in [0.29, 0.717) is 30.4 Å². The molecule has 1 aromatic rings. The third kappa shape index (κ3) is 4.15.